The van der Waals surface area contributed by atoms with Gasteiger partial charge in [-0.2, -0.15) is 0 Å². The second-order valence-electron chi connectivity index (χ2n) is 3.99. The summed E-state index contributed by atoms with van der Waals surface area (Å²) in [5.74, 6) is -0.415. The van der Waals surface area contributed by atoms with Gasteiger partial charge in [0, 0.05) is 12.0 Å². The maximum atomic E-state index is 12.1. The topological polar surface area (TPSA) is 34.1 Å². The Morgan fingerprint density at radius 1 is 1.18 bits per heavy atom. The monoisotopic (exact) mass is 230 g/mol. The van der Waals surface area contributed by atoms with Gasteiger partial charge in [-0.1, -0.05) is 51.1 Å². The fraction of sp³-hybridized carbons (Fsp3) is 0.333. The lowest BCUT2D eigenvalue weighted by Crippen LogP contribution is -2.13. The number of benzene rings is 1. The van der Waals surface area contributed by atoms with Crippen molar-refractivity contribution in [3.63, 3.8) is 0 Å². The van der Waals surface area contributed by atoms with Crippen LogP contribution in [0.15, 0.2) is 36.4 Å². The highest BCUT2D eigenvalue weighted by atomic mass is 16.1. The summed E-state index contributed by atoms with van der Waals surface area (Å²) in [6, 6.07) is 7.42. The number of ketones is 2. The average molecular weight is 230 g/mol. The van der Waals surface area contributed by atoms with E-state index in [1.54, 1.807) is 13.0 Å². The van der Waals surface area contributed by atoms with E-state index in [1.807, 2.05) is 18.2 Å². The van der Waals surface area contributed by atoms with Gasteiger partial charge in [-0.3, -0.25) is 9.59 Å². The smallest absolute Gasteiger partial charge is 0.196 e. The first kappa shape index (κ1) is 13.4. The standard InChI is InChI=1S/C15H18O2/c1-4-8-12-9-6-7-10-13(12)15(17)11(3)14(16)5-2/h6-7,9-10H,3-5,8H2,1-2H3. The van der Waals surface area contributed by atoms with Gasteiger partial charge in [-0.25, -0.2) is 0 Å². The predicted octanol–water partition coefficient (Wildman–Crippen LogP) is 3.36. The molecule has 1 aromatic rings. The number of Topliss-reactive ketones (excluding diaryl/α,β-unsaturated/α-hetero) is 2. The molecular formula is C15H18O2. The van der Waals surface area contributed by atoms with E-state index in [0.717, 1.165) is 18.4 Å². The summed E-state index contributed by atoms with van der Waals surface area (Å²) in [6.07, 6.45) is 2.13. The summed E-state index contributed by atoms with van der Waals surface area (Å²) < 4.78 is 0. The summed E-state index contributed by atoms with van der Waals surface area (Å²) in [5, 5.41) is 0. The molecule has 17 heavy (non-hydrogen) atoms. The number of rotatable bonds is 6. The van der Waals surface area contributed by atoms with Gasteiger partial charge < -0.3 is 0 Å². The zero-order valence-electron chi connectivity index (χ0n) is 10.5. The van der Waals surface area contributed by atoms with Crippen LogP contribution >= 0.6 is 0 Å². The Morgan fingerprint density at radius 2 is 1.82 bits per heavy atom. The molecule has 0 spiro atoms. The SMILES string of the molecule is C=C(C(=O)CC)C(=O)c1ccccc1CCC. The molecule has 1 aromatic carbocycles. The van der Waals surface area contributed by atoms with E-state index in [2.05, 4.69) is 13.5 Å². The molecule has 2 heteroatoms. The number of allylic oxidation sites excluding steroid dienone is 1. The minimum Gasteiger partial charge on any atom is -0.294 e. The maximum absolute atomic E-state index is 12.1. The lowest BCUT2D eigenvalue weighted by molar-refractivity contribution is -0.114. The molecule has 0 saturated carbocycles. The number of carbonyl (C=O) groups is 2. The van der Waals surface area contributed by atoms with Crippen LogP contribution in [0.2, 0.25) is 0 Å². The van der Waals surface area contributed by atoms with Crippen molar-refractivity contribution in [1.82, 2.24) is 0 Å². The minimum atomic E-state index is -0.235. The van der Waals surface area contributed by atoms with Gasteiger partial charge in [-0.15, -0.1) is 0 Å². The fourth-order valence-electron chi connectivity index (χ4n) is 1.73. The Labute approximate surface area is 102 Å². The summed E-state index contributed by atoms with van der Waals surface area (Å²) >= 11 is 0. The molecule has 0 aromatic heterocycles. The highest BCUT2D eigenvalue weighted by Crippen LogP contribution is 2.16. The van der Waals surface area contributed by atoms with E-state index in [1.165, 1.54) is 0 Å². The predicted molar refractivity (Wildman–Crippen MR) is 69.2 cm³/mol. The van der Waals surface area contributed by atoms with Gasteiger partial charge >= 0.3 is 0 Å². The highest BCUT2D eigenvalue weighted by molar-refractivity contribution is 6.26. The van der Waals surface area contributed by atoms with Crippen molar-refractivity contribution in [2.45, 2.75) is 33.1 Å². The lowest BCUT2D eigenvalue weighted by Gasteiger charge is -2.08. The summed E-state index contributed by atoms with van der Waals surface area (Å²) in [4.78, 5) is 23.6. The number of carbonyl (C=O) groups excluding carboxylic acids is 2. The van der Waals surface area contributed by atoms with Crippen molar-refractivity contribution in [1.29, 1.82) is 0 Å². The van der Waals surface area contributed by atoms with Gasteiger partial charge in [0.1, 0.15) is 0 Å². The summed E-state index contributed by atoms with van der Waals surface area (Å²) in [7, 11) is 0. The van der Waals surface area contributed by atoms with Crippen LogP contribution in [-0.4, -0.2) is 11.6 Å². The zero-order chi connectivity index (χ0) is 12.8. The van der Waals surface area contributed by atoms with Crippen LogP contribution in [0.3, 0.4) is 0 Å². The van der Waals surface area contributed by atoms with Gasteiger partial charge in [-0.05, 0) is 12.0 Å². The Bertz CT molecular complexity index is 444. The van der Waals surface area contributed by atoms with Gasteiger partial charge in [0.05, 0.1) is 5.57 Å². The van der Waals surface area contributed by atoms with Crippen molar-refractivity contribution < 1.29 is 9.59 Å². The van der Waals surface area contributed by atoms with Crippen LogP contribution in [0.25, 0.3) is 0 Å². The van der Waals surface area contributed by atoms with Crippen molar-refractivity contribution >= 4 is 11.6 Å². The molecule has 0 N–H and O–H groups in total. The minimum absolute atomic E-state index is 0.0936. The van der Waals surface area contributed by atoms with E-state index in [9.17, 15) is 9.59 Å². The van der Waals surface area contributed by atoms with Gasteiger partial charge in [0.25, 0.3) is 0 Å². The van der Waals surface area contributed by atoms with Crippen LogP contribution in [0.1, 0.15) is 42.6 Å². The molecule has 0 aliphatic carbocycles. The third-order valence-corrected chi connectivity index (χ3v) is 2.71. The summed E-state index contributed by atoms with van der Waals surface area (Å²) in [5.41, 5.74) is 1.70. The maximum Gasteiger partial charge on any atom is 0.196 e. The molecule has 0 heterocycles. The Kier molecular flexibility index (Phi) is 4.83. The van der Waals surface area contributed by atoms with Crippen LogP contribution < -0.4 is 0 Å². The highest BCUT2D eigenvalue weighted by Gasteiger charge is 2.18. The lowest BCUT2D eigenvalue weighted by atomic mass is 9.94. The molecule has 0 aliphatic heterocycles. The molecule has 0 fully saturated rings. The van der Waals surface area contributed by atoms with Crippen molar-refractivity contribution in [3.8, 4) is 0 Å². The van der Waals surface area contributed by atoms with E-state index < -0.39 is 0 Å². The normalized spacial score (nSPS) is 10.0. The van der Waals surface area contributed by atoms with E-state index in [-0.39, 0.29) is 17.1 Å². The number of hydrogen-bond donors (Lipinski definition) is 0. The average Bonchev–Trinajstić information content (AvgIpc) is 2.37. The molecule has 0 amide bonds. The van der Waals surface area contributed by atoms with Crippen LogP contribution in [0, 0.1) is 0 Å². The molecule has 0 unspecified atom stereocenters. The molecule has 0 aliphatic rings. The van der Waals surface area contributed by atoms with Gasteiger partial charge in [0.2, 0.25) is 0 Å². The van der Waals surface area contributed by atoms with E-state index in [4.69, 9.17) is 0 Å². The van der Waals surface area contributed by atoms with Crippen LogP contribution in [-0.2, 0) is 11.2 Å². The van der Waals surface area contributed by atoms with Crippen molar-refractivity contribution in [2.24, 2.45) is 0 Å². The third kappa shape index (κ3) is 3.13. The Hall–Kier alpha value is -1.70. The first-order valence-electron chi connectivity index (χ1n) is 5.96. The molecule has 1 rings (SSSR count). The number of aryl methyl sites for hydroxylation is 1. The van der Waals surface area contributed by atoms with E-state index >= 15 is 0 Å². The first-order valence-corrected chi connectivity index (χ1v) is 5.96. The van der Waals surface area contributed by atoms with Crippen LogP contribution in [0.4, 0.5) is 0 Å². The molecule has 2 nitrogen and oxygen atoms in total. The molecule has 90 valence electrons. The second kappa shape index (κ2) is 6.14. The Morgan fingerprint density at radius 3 is 2.41 bits per heavy atom. The Balaban J connectivity index is 3.03. The quantitative estimate of drug-likeness (QED) is 0.325. The second-order valence-corrected chi connectivity index (χ2v) is 3.99. The first-order chi connectivity index (χ1) is 8.11. The van der Waals surface area contributed by atoms with Gasteiger partial charge in [0.15, 0.2) is 11.6 Å². The molecule has 0 radical (unpaired) electrons. The molecule has 0 atom stereocenters. The van der Waals surface area contributed by atoms with E-state index in [0.29, 0.717) is 12.0 Å². The molecule has 0 saturated heterocycles. The fourth-order valence-corrected chi connectivity index (χ4v) is 1.73. The molecule has 0 bridgehead atoms. The van der Waals surface area contributed by atoms with Crippen molar-refractivity contribution in [2.75, 3.05) is 0 Å². The third-order valence-electron chi connectivity index (χ3n) is 2.71. The molecular weight excluding hydrogens is 212 g/mol. The van der Waals surface area contributed by atoms with Crippen LogP contribution in [0.5, 0.6) is 0 Å². The largest absolute Gasteiger partial charge is 0.294 e. The van der Waals surface area contributed by atoms with Crippen molar-refractivity contribution in [3.05, 3.63) is 47.5 Å². The zero-order valence-corrected chi connectivity index (χ0v) is 10.5. The number of hydrogen-bond acceptors (Lipinski definition) is 2. The summed E-state index contributed by atoms with van der Waals surface area (Å²) in [6.45, 7) is 7.40.